The van der Waals surface area contributed by atoms with Crippen molar-refractivity contribution < 1.29 is 14.3 Å². The van der Waals surface area contributed by atoms with E-state index in [1.54, 1.807) is 10.9 Å². The molecule has 1 atom stereocenters. The van der Waals surface area contributed by atoms with Crippen molar-refractivity contribution >= 4 is 11.9 Å². The van der Waals surface area contributed by atoms with Gasteiger partial charge in [0.2, 0.25) is 5.91 Å². The SMILES string of the molecule is Cc1cccc(-n2cc(CNC(=O)C3CC(=O)OC34CCCCC4)cn2)c1. The third-order valence-corrected chi connectivity index (χ3v) is 5.71. The fourth-order valence-corrected chi connectivity index (χ4v) is 4.30. The lowest BCUT2D eigenvalue weighted by atomic mass is 9.75. The van der Waals surface area contributed by atoms with Gasteiger partial charge in [-0.1, -0.05) is 18.6 Å². The van der Waals surface area contributed by atoms with Crippen LogP contribution in [0.2, 0.25) is 0 Å². The van der Waals surface area contributed by atoms with Crippen molar-refractivity contribution in [2.45, 2.75) is 57.6 Å². The van der Waals surface area contributed by atoms with E-state index in [0.717, 1.165) is 43.4 Å². The number of aryl methyl sites for hydroxylation is 1. The zero-order valence-corrected chi connectivity index (χ0v) is 15.6. The predicted molar refractivity (Wildman–Crippen MR) is 100 cm³/mol. The van der Waals surface area contributed by atoms with E-state index in [-0.39, 0.29) is 24.2 Å². The number of hydrogen-bond acceptors (Lipinski definition) is 4. The Labute approximate surface area is 158 Å². The molecule has 6 nitrogen and oxygen atoms in total. The first kappa shape index (κ1) is 17.8. The number of nitrogens with one attached hydrogen (secondary N) is 1. The van der Waals surface area contributed by atoms with E-state index < -0.39 is 5.60 Å². The molecule has 1 unspecified atom stereocenters. The molecule has 1 saturated carbocycles. The summed E-state index contributed by atoms with van der Waals surface area (Å²) in [6, 6.07) is 8.09. The maximum Gasteiger partial charge on any atom is 0.307 e. The smallest absolute Gasteiger partial charge is 0.307 e. The van der Waals surface area contributed by atoms with Crippen LogP contribution in [0.1, 0.15) is 49.7 Å². The van der Waals surface area contributed by atoms with Crippen molar-refractivity contribution in [2.24, 2.45) is 5.92 Å². The fourth-order valence-electron chi connectivity index (χ4n) is 4.30. The molecule has 1 aliphatic carbocycles. The number of nitrogens with zero attached hydrogens (tertiary/aromatic N) is 2. The second-order valence-electron chi connectivity index (χ2n) is 7.71. The van der Waals surface area contributed by atoms with E-state index in [4.69, 9.17) is 4.74 Å². The van der Waals surface area contributed by atoms with Crippen molar-refractivity contribution in [3.63, 3.8) is 0 Å². The maximum absolute atomic E-state index is 12.8. The molecule has 2 aliphatic rings. The van der Waals surface area contributed by atoms with Crippen molar-refractivity contribution in [1.29, 1.82) is 0 Å². The van der Waals surface area contributed by atoms with Gasteiger partial charge in [0.05, 0.1) is 24.2 Å². The van der Waals surface area contributed by atoms with Crippen molar-refractivity contribution in [3.8, 4) is 5.69 Å². The van der Waals surface area contributed by atoms with Gasteiger partial charge in [-0.15, -0.1) is 0 Å². The van der Waals surface area contributed by atoms with Gasteiger partial charge in [0.15, 0.2) is 0 Å². The van der Waals surface area contributed by atoms with Crippen LogP contribution in [0.15, 0.2) is 36.7 Å². The molecule has 2 fully saturated rings. The molecule has 1 aromatic heterocycles. The summed E-state index contributed by atoms with van der Waals surface area (Å²) in [5.41, 5.74) is 2.50. The summed E-state index contributed by atoms with van der Waals surface area (Å²) in [5, 5.41) is 7.37. The first-order valence-corrected chi connectivity index (χ1v) is 9.66. The molecule has 142 valence electrons. The van der Waals surface area contributed by atoms with E-state index in [9.17, 15) is 9.59 Å². The molecule has 0 radical (unpaired) electrons. The summed E-state index contributed by atoms with van der Waals surface area (Å²) in [6.45, 7) is 2.44. The molecule has 27 heavy (non-hydrogen) atoms. The highest BCUT2D eigenvalue weighted by Crippen LogP contribution is 2.44. The first-order chi connectivity index (χ1) is 13.1. The van der Waals surface area contributed by atoms with Crippen LogP contribution in [0.3, 0.4) is 0 Å². The minimum Gasteiger partial charge on any atom is -0.458 e. The largest absolute Gasteiger partial charge is 0.458 e. The van der Waals surface area contributed by atoms with Crippen LogP contribution in [0.25, 0.3) is 5.69 Å². The molecule has 2 aromatic rings. The average molecular weight is 367 g/mol. The molecule has 6 heteroatoms. The van der Waals surface area contributed by atoms with E-state index >= 15 is 0 Å². The predicted octanol–water partition coefficient (Wildman–Crippen LogP) is 3.06. The Morgan fingerprint density at radius 3 is 2.93 bits per heavy atom. The highest BCUT2D eigenvalue weighted by molar-refractivity contribution is 5.87. The number of aromatic nitrogens is 2. The van der Waals surface area contributed by atoms with E-state index in [0.29, 0.717) is 6.54 Å². The van der Waals surface area contributed by atoms with Gasteiger partial charge < -0.3 is 10.1 Å². The van der Waals surface area contributed by atoms with Gasteiger partial charge in [-0.25, -0.2) is 4.68 Å². The minimum absolute atomic E-state index is 0.0916. The van der Waals surface area contributed by atoms with Crippen molar-refractivity contribution in [2.75, 3.05) is 0 Å². The quantitative estimate of drug-likeness (QED) is 0.843. The second kappa shape index (κ2) is 7.18. The van der Waals surface area contributed by atoms with Crippen molar-refractivity contribution in [3.05, 3.63) is 47.8 Å². The number of rotatable bonds is 4. The third kappa shape index (κ3) is 3.61. The molecular weight excluding hydrogens is 342 g/mol. The molecule has 1 amide bonds. The Kier molecular flexibility index (Phi) is 4.72. The lowest BCUT2D eigenvalue weighted by Crippen LogP contribution is -2.45. The number of ether oxygens (including phenoxy) is 1. The zero-order chi connectivity index (χ0) is 18.9. The number of amides is 1. The summed E-state index contributed by atoms with van der Waals surface area (Å²) in [7, 11) is 0. The van der Waals surface area contributed by atoms with Gasteiger partial charge in [-0.2, -0.15) is 5.10 Å². The van der Waals surface area contributed by atoms with Crippen LogP contribution in [-0.2, 0) is 20.9 Å². The molecule has 1 aliphatic heterocycles. The standard InChI is InChI=1S/C21H25N3O3/c1-15-6-5-7-17(10-15)24-14-16(13-23-24)12-22-20(26)18-11-19(25)27-21(18)8-3-2-4-9-21/h5-7,10,13-14,18H,2-4,8-9,11-12H2,1H3,(H,22,26). The lowest BCUT2D eigenvalue weighted by Gasteiger charge is -2.36. The molecular formula is C21H25N3O3. The summed E-state index contributed by atoms with van der Waals surface area (Å²) in [4.78, 5) is 24.7. The molecule has 1 spiro atoms. The van der Waals surface area contributed by atoms with Crippen LogP contribution in [-0.4, -0.2) is 27.3 Å². The van der Waals surface area contributed by atoms with Crippen LogP contribution in [0.4, 0.5) is 0 Å². The Hall–Kier alpha value is -2.63. The number of hydrogen-bond donors (Lipinski definition) is 1. The Morgan fingerprint density at radius 1 is 1.33 bits per heavy atom. The normalized spacial score (nSPS) is 21.2. The van der Waals surface area contributed by atoms with E-state index in [1.165, 1.54) is 5.56 Å². The highest BCUT2D eigenvalue weighted by atomic mass is 16.6. The number of carbonyl (C=O) groups is 2. The van der Waals surface area contributed by atoms with Crippen LogP contribution in [0, 0.1) is 12.8 Å². The minimum atomic E-state index is -0.578. The highest BCUT2D eigenvalue weighted by Gasteiger charge is 2.52. The van der Waals surface area contributed by atoms with Gasteiger partial charge >= 0.3 is 5.97 Å². The topological polar surface area (TPSA) is 73.2 Å². The number of carbonyl (C=O) groups excluding carboxylic acids is 2. The first-order valence-electron chi connectivity index (χ1n) is 9.66. The second-order valence-corrected chi connectivity index (χ2v) is 7.71. The fraction of sp³-hybridized carbons (Fsp3) is 0.476. The summed E-state index contributed by atoms with van der Waals surface area (Å²) in [5.74, 6) is -0.715. The summed E-state index contributed by atoms with van der Waals surface area (Å²) >= 11 is 0. The molecule has 4 rings (SSSR count). The van der Waals surface area contributed by atoms with Crippen LogP contribution in [0.5, 0.6) is 0 Å². The summed E-state index contributed by atoms with van der Waals surface area (Å²) < 4.78 is 7.44. The van der Waals surface area contributed by atoms with Gasteiger partial charge in [-0.05, 0) is 50.3 Å². The van der Waals surface area contributed by atoms with E-state index in [2.05, 4.69) is 16.5 Å². The van der Waals surface area contributed by atoms with Crippen molar-refractivity contribution in [1.82, 2.24) is 15.1 Å². The maximum atomic E-state index is 12.8. The molecule has 1 saturated heterocycles. The third-order valence-electron chi connectivity index (χ3n) is 5.71. The average Bonchev–Trinajstić information content (AvgIpc) is 3.25. The molecule has 1 aromatic carbocycles. The summed E-state index contributed by atoms with van der Waals surface area (Å²) in [6.07, 6.45) is 8.63. The lowest BCUT2D eigenvalue weighted by molar-refractivity contribution is -0.153. The Bertz CT molecular complexity index is 852. The number of benzene rings is 1. The van der Waals surface area contributed by atoms with Crippen LogP contribution >= 0.6 is 0 Å². The molecule has 1 N–H and O–H groups in total. The molecule has 0 bridgehead atoms. The van der Waals surface area contributed by atoms with Crippen LogP contribution < -0.4 is 5.32 Å². The van der Waals surface area contributed by atoms with E-state index in [1.807, 2.05) is 31.3 Å². The zero-order valence-electron chi connectivity index (χ0n) is 15.6. The van der Waals surface area contributed by atoms with Gasteiger partial charge in [0.25, 0.3) is 0 Å². The van der Waals surface area contributed by atoms with Gasteiger partial charge in [0, 0.05) is 18.3 Å². The van der Waals surface area contributed by atoms with Gasteiger partial charge in [0.1, 0.15) is 5.60 Å². The monoisotopic (exact) mass is 367 g/mol. The Balaban J connectivity index is 1.41. The number of esters is 1. The molecule has 2 heterocycles. The Morgan fingerprint density at radius 2 is 2.15 bits per heavy atom. The van der Waals surface area contributed by atoms with Gasteiger partial charge in [-0.3, -0.25) is 9.59 Å².